The van der Waals surface area contributed by atoms with Gasteiger partial charge in [0.1, 0.15) is 5.82 Å². The average molecular weight is 256 g/mol. The molecule has 0 fully saturated rings. The molecule has 0 amide bonds. The van der Waals surface area contributed by atoms with E-state index in [1.54, 1.807) is 6.20 Å². The van der Waals surface area contributed by atoms with Crippen molar-refractivity contribution >= 4 is 17.3 Å². The quantitative estimate of drug-likeness (QED) is 0.382. The Labute approximate surface area is 112 Å². The normalized spacial score (nSPS) is 11.4. The van der Waals surface area contributed by atoms with Crippen molar-refractivity contribution in [3.8, 4) is 0 Å². The molecule has 19 heavy (non-hydrogen) atoms. The summed E-state index contributed by atoms with van der Waals surface area (Å²) in [6.07, 6.45) is 1.71. The number of nitrogens with two attached hydrogens (primary N) is 1. The van der Waals surface area contributed by atoms with Crippen LogP contribution in [0.5, 0.6) is 0 Å². The molecule has 0 aliphatic heterocycles. The number of amidine groups is 1. The zero-order chi connectivity index (χ0) is 13.8. The number of nitrogens with zero attached hydrogens (tertiary/aromatic N) is 3. The molecule has 2 rings (SSSR count). The lowest BCUT2D eigenvalue weighted by Gasteiger charge is -2.21. The number of rotatable bonds is 3. The van der Waals surface area contributed by atoms with Gasteiger partial charge >= 0.3 is 0 Å². The van der Waals surface area contributed by atoms with E-state index in [1.165, 1.54) is 0 Å². The Morgan fingerprint density at radius 2 is 1.95 bits per heavy atom. The van der Waals surface area contributed by atoms with Crippen LogP contribution in [0.15, 0.2) is 47.8 Å². The molecule has 0 spiro atoms. The van der Waals surface area contributed by atoms with E-state index in [0.717, 1.165) is 11.3 Å². The summed E-state index contributed by atoms with van der Waals surface area (Å²) in [6.45, 7) is 1.90. The Bertz CT molecular complexity index is 596. The van der Waals surface area contributed by atoms with Crippen molar-refractivity contribution in [1.29, 1.82) is 0 Å². The summed E-state index contributed by atoms with van der Waals surface area (Å²) in [5.41, 5.74) is 8.27. The van der Waals surface area contributed by atoms with Crippen LogP contribution in [0.2, 0.25) is 0 Å². The predicted octanol–water partition coefficient (Wildman–Crippen LogP) is 2.25. The third-order valence-electron chi connectivity index (χ3n) is 2.96. The van der Waals surface area contributed by atoms with E-state index in [1.807, 2.05) is 55.3 Å². The summed E-state index contributed by atoms with van der Waals surface area (Å²) in [4.78, 5) is 6.24. The van der Waals surface area contributed by atoms with Gasteiger partial charge in [0.2, 0.25) is 0 Å². The van der Waals surface area contributed by atoms with Crippen LogP contribution < -0.4 is 10.6 Å². The minimum absolute atomic E-state index is 0.0587. The SMILES string of the molecule is Cc1ccnc(N(C)c2ccccc2)c1/C(N)=N/O. The first-order chi connectivity index (χ1) is 9.15. The molecule has 2 aromatic rings. The van der Waals surface area contributed by atoms with Crippen molar-refractivity contribution in [3.05, 3.63) is 53.7 Å². The number of hydrogen-bond donors (Lipinski definition) is 2. The van der Waals surface area contributed by atoms with E-state index in [-0.39, 0.29) is 5.84 Å². The molecule has 0 saturated carbocycles. The van der Waals surface area contributed by atoms with Gasteiger partial charge in [-0.3, -0.25) is 0 Å². The van der Waals surface area contributed by atoms with Gasteiger partial charge in [0.15, 0.2) is 5.84 Å². The fourth-order valence-electron chi connectivity index (χ4n) is 1.94. The van der Waals surface area contributed by atoms with Crippen LogP contribution >= 0.6 is 0 Å². The first-order valence-corrected chi connectivity index (χ1v) is 5.87. The van der Waals surface area contributed by atoms with E-state index >= 15 is 0 Å². The van der Waals surface area contributed by atoms with Crippen LogP contribution in [0, 0.1) is 6.92 Å². The highest BCUT2D eigenvalue weighted by Gasteiger charge is 2.16. The number of pyridine rings is 1. The number of aromatic nitrogens is 1. The molecule has 0 aliphatic carbocycles. The summed E-state index contributed by atoms with van der Waals surface area (Å²) in [7, 11) is 1.89. The van der Waals surface area contributed by atoms with Gasteiger partial charge in [0.25, 0.3) is 0 Å². The maximum absolute atomic E-state index is 8.91. The second kappa shape index (κ2) is 5.39. The Balaban J connectivity index is 2.54. The first-order valence-electron chi connectivity index (χ1n) is 5.87. The van der Waals surface area contributed by atoms with Crippen LogP contribution in [0.4, 0.5) is 11.5 Å². The van der Waals surface area contributed by atoms with Gasteiger partial charge in [-0.05, 0) is 30.7 Å². The molecule has 98 valence electrons. The topological polar surface area (TPSA) is 74.7 Å². The Kier molecular flexibility index (Phi) is 3.66. The molecule has 1 heterocycles. The van der Waals surface area contributed by atoms with Crippen molar-refractivity contribution < 1.29 is 5.21 Å². The van der Waals surface area contributed by atoms with E-state index in [9.17, 15) is 0 Å². The Morgan fingerprint density at radius 1 is 1.26 bits per heavy atom. The first kappa shape index (κ1) is 12.9. The summed E-state index contributed by atoms with van der Waals surface area (Å²) in [5, 5.41) is 12.0. The number of aryl methyl sites for hydroxylation is 1. The lowest BCUT2D eigenvalue weighted by Crippen LogP contribution is -2.22. The maximum Gasteiger partial charge on any atom is 0.174 e. The van der Waals surface area contributed by atoms with E-state index < -0.39 is 0 Å². The standard InChI is InChI=1S/C14H16N4O/c1-10-8-9-16-14(12(10)13(15)17-19)18(2)11-6-4-3-5-7-11/h3-9,19H,1-2H3,(H2,15,17). The fraction of sp³-hybridized carbons (Fsp3) is 0.143. The highest BCUT2D eigenvalue weighted by Crippen LogP contribution is 2.26. The molecule has 5 nitrogen and oxygen atoms in total. The summed E-state index contributed by atoms with van der Waals surface area (Å²) in [5.74, 6) is 0.713. The van der Waals surface area contributed by atoms with Gasteiger partial charge in [0, 0.05) is 18.9 Å². The molecule has 0 unspecified atom stereocenters. The molecular weight excluding hydrogens is 240 g/mol. The van der Waals surface area contributed by atoms with Crippen molar-refractivity contribution in [2.24, 2.45) is 10.9 Å². The number of anilines is 2. The van der Waals surface area contributed by atoms with Crippen molar-refractivity contribution in [1.82, 2.24) is 4.98 Å². The van der Waals surface area contributed by atoms with Gasteiger partial charge in [-0.1, -0.05) is 23.4 Å². The Morgan fingerprint density at radius 3 is 2.58 bits per heavy atom. The van der Waals surface area contributed by atoms with Crippen LogP contribution in [0.25, 0.3) is 0 Å². The summed E-state index contributed by atoms with van der Waals surface area (Å²) in [6, 6.07) is 11.6. The molecular formula is C14H16N4O. The van der Waals surface area contributed by atoms with E-state index in [0.29, 0.717) is 11.4 Å². The molecule has 0 saturated heterocycles. The number of hydrogen-bond acceptors (Lipinski definition) is 4. The smallest absolute Gasteiger partial charge is 0.174 e. The molecule has 0 bridgehead atoms. The minimum atomic E-state index is 0.0587. The van der Waals surface area contributed by atoms with Crippen molar-refractivity contribution in [3.63, 3.8) is 0 Å². The lowest BCUT2D eigenvalue weighted by molar-refractivity contribution is 0.318. The van der Waals surface area contributed by atoms with Crippen molar-refractivity contribution in [2.45, 2.75) is 6.92 Å². The third-order valence-corrected chi connectivity index (χ3v) is 2.96. The molecule has 5 heteroatoms. The highest BCUT2D eigenvalue weighted by molar-refractivity contribution is 6.03. The zero-order valence-electron chi connectivity index (χ0n) is 10.9. The predicted molar refractivity (Wildman–Crippen MR) is 76.0 cm³/mol. The maximum atomic E-state index is 8.91. The van der Waals surface area contributed by atoms with E-state index in [2.05, 4.69) is 10.1 Å². The second-order valence-corrected chi connectivity index (χ2v) is 4.21. The monoisotopic (exact) mass is 256 g/mol. The molecule has 3 N–H and O–H groups in total. The summed E-state index contributed by atoms with van der Waals surface area (Å²) < 4.78 is 0. The van der Waals surface area contributed by atoms with Crippen LogP contribution in [-0.4, -0.2) is 23.1 Å². The van der Waals surface area contributed by atoms with Gasteiger partial charge in [-0.2, -0.15) is 0 Å². The number of oxime groups is 1. The molecule has 0 atom stereocenters. The van der Waals surface area contributed by atoms with Crippen LogP contribution in [-0.2, 0) is 0 Å². The number of benzene rings is 1. The average Bonchev–Trinajstić information content (AvgIpc) is 2.46. The van der Waals surface area contributed by atoms with Gasteiger partial charge in [-0.25, -0.2) is 4.98 Å². The van der Waals surface area contributed by atoms with Gasteiger partial charge < -0.3 is 15.8 Å². The largest absolute Gasteiger partial charge is 0.409 e. The zero-order valence-corrected chi connectivity index (χ0v) is 10.9. The van der Waals surface area contributed by atoms with Crippen LogP contribution in [0.1, 0.15) is 11.1 Å². The summed E-state index contributed by atoms with van der Waals surface area (Å²) >= 11 is 0. The van der Waals surface area contributed by atoms with Crippen molar-refractivity contribution in [2.75, 3.05) is 11.9 Å². The van der Waals surface area contributed by atoms with Gasteiger partial charge in [-0.15, -0.1) is 0 Å². The molecule has 1 aromatic heterocycles. The van der Waals surface area contributed by atoms with Gasteiger partial charge in [0.05, 0.1) is 5.56 Å². The molecule has 0 radical (unpaired) electrons. The molecule has 1 aromatic carbocycles. The fourth-order valence-corrected chi connectivity index (χ4v) is 1.94. The lowest BCUT2D eigenvalue weighted by atomic mass is 10.1. The second-order valence-electron chi connectivity index (χ2n) is 4.21. The van der Waals surface area contributed by atoms with Crippen LogP contribution in [0.3, 0.4) is 0 Å². The highest BCUT2D eigenvalue weighted by atomic mass is 16.4. The molecule has 0 aliphatic rings. The third kappa shape index (κ3) is 2.49. The minimum Gasteiger partial charge on any atom is -0.409 e. The Hall–Kier alpha value is -2.56. The van der Waals surface area contributed by atoms with E-state index in [4.69, 9.17) is 10.9 Å². The number of para-hydroxylation sites is 1.